The fourth-order valence-corrected chi connectivity index (χ4v) is 3.50. The van der Waals surface area contributed by atoms with Crippen molar-refractivity contribution in [1.29, 1.82) is 0 Å². The lowest BCUT2D eigenvalue weighted by atomic mass is 9.88. The lowest BCUT2D eigenvalue weighted by Crippen LogP contribution is -2.41. The third kappa shape index (κ3) is 2.96. The van der Waals surface area contributed by atoms with Gasteiger partial charge in [0.1, 0.15) is 5.75 Å². The molecular formula is C19H18BrNO4. The Labute approximate surface area is 154 Å². The van der Waals surface area contributed by atoms with Crippen molar-refractivity contribution in [2.24, 2.45) is 0 Å². The molecule has 1 N–H and O–H groups in total. The number of ketones is 1. The van der Waals surface area contributed by atoms with Gasteiger partial charge in [-0.05, 0) is 37.3 Å². The summed E-state index contributed by atoms with van der Waals surface area (Å²) >= 11 is 3.37. The number of nitrogens with zero attached hydrogens (tertiary/aromatic N) is 1. The molecule has 0 aromatic heterocycles. The molecule has 1 atom stereocenters. The van der Waals surface area contributed by atoms with E-state index in [1.807, 2.05) is 13.0 Å². The molecular weight excluding hydrogens is 386 g/mol. The monoisotopic (exact) mass is 403 g/mol. The highest BCUT2D eigenvalue weighted by molar-refractivity contribution is 9.10. The lowest BCUT2D eigenvalue weighted by Gasteiger charge is -2.22. The molecule has 0 saturated carbocycles. The molecule has 0 saturated heterocycles. The Hall–Kier alpha value is -2.18. The van der Waals surface area contributed by atoms with E-state index in [2.05, 4.69) is 15.9 Å². The fourth-order valence-electron chi connectivity index (χ4n) is 3.14. The summed E-state index contributed by atoms with van der Waals surface area (Å²) in [6.45, 7) is 2.25. The molecule has 1 heterocycles. The molecule has 1 aliphatic rings. The van der Waals surface area contributed by atoms with Crippen molar-refractivity contribution in [3.8, 4) is 5.75 Å². The number of Topliss-reactive ketones (excluding diaryl/α,β-unsaturated/α-hetero) is 1. The van der Waals surface area contributed by atoms with E-state index in [1.54, 1.807) is 36.4 Å². The zero-order valence-electron chi connectivity index (χ0n) is 14.0. The standard InChI is InChI=1S/C19H18BrNO4/c1-3-21-16-8-7-13(20)10-15(16)19(24,18(21)23)11-17(22)12-5-4-6-14(9-12)25-2/h4-10,24H,3,11H2,1-2H3/t19-/m0/s1. The number of likely N-dealkylation sites (N-methyl/N-ethyl adjacent to an activating group) is 1. The van der Waals surface area contributed by atoms with E-state index < -0.39 is 11.5 Å². The van der Waals surface area contributed by atoms with Crippen LogP contribution in [0.15, 0.2) is 46.9 Å². The Morgan fingerprint density at radius 2 is 2.04 bits per heavy atom. The smallest absolute Gasteiger partial charge is 0.264 e. The maximum atomic E-state index is 12.8. The second kappa shape index (κ2) is 6.61. The second-order valence-electron chi connectivity index (χ2n) is 5.90. The molecule has 0 aliphatic carbocycles. The number of halogens is 1. The SMILES string of the molecule is CCN1C(=O)[C@](O)(CC(=O)c2cccc(OC)c2)c2cc(Br)ccc21. The summed E-state index contributed by atoms with van der Waals surface area (Å²) in [6.07, 6.45) is -0.320. The van der Waals surface area contributed by atoms with Gasteiger partial charge in [0.2, 0.25) is 0 Å². The first kappa shape index (κ1) is 17.6. The summed E-state index contributed by atoms with van der Waals surface area (Å²) in [5.41, 5.74) is -0.386. The quantitative estimate of drug-likeness (QED) is 0.777. The summed E-state index contributed by atoms with van der Waals surface area (Å²) < 4.78 is 5.87. The molecule has 25 heavy (non-hydrogen) atoms. The maximum absolute atomic E-state index is 12.8. The van der Waals surface area contributed by atoms with Crippen molar-refractivity contribution in [3.05, 3.63) is 58.1 Å². The van der Waals surface area contributed by atoms with Gasteiger partial charge >= 0.3 is 0 Å². The predicted octanol–water partition coefficient (Wildman–Crippen LogP) is 3.28. The van der Waals surface area contributed by atoms with E-state index in [-0.39, 0.29) is 12.2 Å². The number of rotatable bonds is 5. The third-order valence-corrected chi connectivity index (χ3v) is 4.91. The van der Waals surface area contributed by atoms with Gasteiger partial charge in [-0.15, -0.1) is 0 Å². The maximum Gasteiger partial charge on any atom is 0.264 e. The van der Waals surface area contributed by atoms with Crippen LogP contribution in [0.4, 0.5) is 5.69 Å². The van der Waals surface area contributed by atoms with E-state index >= 15 is 0 Å². The van der Waals surface area contributed by atoms with Crippen LogP contribution in [-0.2, 0) is 10.4 Å². The van der Waals surface area contributed by atoms with Gasteiger partial charge in [-0.25, -0.2) is 0 Å². The number of hydrogen-bond donors (Lipinski definition) is 1. The number of aliphatic hydroxyl groups is 1. The molecule has 6 heteroatoms. The minimum absolute atomic E-state index is 0.320. The number of benzene rings is 2. The predicted molar refractivity (Wildman–Crippen MR) is 98.0 cm³/mol. The van der Waals surface area contributed by atoms with Crippen molar-refractivity contribution >= 4 is 33.3 Å². The first-order valence-corrected chi connectivity index (χ1v) is 8.71. The van der Waals surface area contributed by atoms with Crippen LogP contribution in [0.2, 0.25) is 0 Å². The van der Waals surface area contributed by atoms with Gasteiger partial charge in [0.25, 0.3) is 5.91 Å². The second-order valence-corrected chi connectivity index (χ2v) is 6.82. The average molecular weight is 404 g/mol. The molecule has 2 aromatic carbocycles. The van der Waals surface area contributed by atoms with Crippen molar-refractivity contribution in [1.82, 2.24) is 0 Å². The minimum Gasteiger partial charge on any atom is -0.497 e. The molecule has 130 valence electrons. The van der Waals surface area contributed by atoms with Crippen molar-refractivity contribution in [2.45, 2.75) is 18.9 Å². The van der Waals surface area contributed by atoms with Crippen LogP contribution in [0.5, 0.6) is 5.75 Å². The largest absolute Gasteiger partial charge is 0.497 e. The highest BCUT2D eigenvalue weighted by Gasteiger charge is 2.50. The summed E-state index contributed by atoms with van der Waals surface area (Å²) in [5.74, 6) is -0.244. The molecule has 0 fully saturated rings. The molecule has 0 unspecified atom stereocenters. The fraction of sp³-hybridized carbons (Fsp3) is 0.263. The third-order valence-electron chi connectivity index (χ3n) is 4.42. The van der Waals surface area contributed by atoms with Crippen LogP contribution >= 0.6 is 15.9 Å². The topological polar surface area (TPSA) is 66.8 Å². The molecule has 0 spiro atoms. The zero-order chi connectivity index (χ0) is 18.2. The Kier molecular flexibility index (Phi) is 4.67. The van der Waals surface area contributed by atoms with Crippen molar-refractivity contribution < 1.29 is 19.4 Å². The van der Waals surface area contributed by atoms with Gasteiger partial charge in [0.15, 0.2) is 11.4 Å². The first-order valence-electron chi connectivity index (χ1n) is 7.92. The van der Waals surface area contributed by atoms with E-state index in [9.17, 15) is 14.7 Å². The lowest BCUT2D eigenvalue weighted by molar-refractivity contribution is -0.135. The Balaban J connectivity index is 1.99. The number of fused-ring (bicyclic) bond motifs is 1. The Bertz CT molecular complexity index is 851. The summed E-state index contributed by atoms with van der Waals surface area (Å²) in [7, 11) is 1.52. The van der Waals surface area contributed by atoms with Gasteiger partial charge in [-0.2, -0.15) is 0 Å². The van der Waals surface area contributed by atoms with E-state index in [0.717, 1.165) is 4.47 Å². The zero-order valence-corrected chi connectivity index (χ0v) is 15.5. The van der Waals surface area contributed by atoms with E-state index in [1.165, 1.54) is 12.0 Å². The highest BCUT2D eigenvalue weighted by Crippen LogP contribution is 2.44. The number of ether oxygens (including phenoxy) is 1. The summed E-state index contributed by atoms with van der Waals surface area (Å²) in [6, 6.07) is 12.0. The summed E-state index contributed by atoms with van der Waals surface area (Å²) in [5, 5.41) is 11.1. The number of carbonyl (C=O) groups is 2. The van der Waals surface area contributed by atoms with Gasteiger partial charge in [-0.1, -0.05) is 28.1 Å². The Morgan fingerprint density at radius 3 is 2.72 bits per heavy atom. The van der Waals surface area contributed by atoms with Crippen LogP contribution in [0.25, 0.3) is 0 Å². The van der Waals surface area contributed by atoms with Crippen LogP contribution in [0.1, 0.15) is 29.3 Å². The Morgan fingerprint density at radius 1 is 1.28 bits per heavy atom. The number of hydrogen-bond acceptors (Lipinski definition) is 4. The van der Waals surface area contributed by atoms with Gasteiger partial charge in [0, 0.05) is 22.1 Å². The number of amides is 1. The van der Waals surface area contributed by atoms with Crippen LogP contribution in [-0.4, -0.2) is 30.5 Å². The minimum atomic E-state index is -1.87. The van der Waals surface area contributed by atoms with Crippen molar-refractivity contribution in [3.63, 3.8) is 0 Å². The van der Waals surface area contributed by atoms with Gasteiger partial charge in [-0.3, -0.25) is 9.59 Å². The van der Waals surface area contributed by atoms with E-state index in [4.69, 9.17) is 4.74 Å². The number of anilines is 1. The van der Waals surface area contributed by atoms with Gasteiger partial charge in [0.05, 0.1) is 19.2 Å². The molecule has 0 radical (unpaired) electrons. The van der Waals surface area contributed by atoms with Crippen LogP contribution in [0.3, 0.4) is 0 Å². The van der Waals surface area contributed by atoms with E-state index in [0.29, 0.717) is 29.1 Å². The summed E-state index contributed by atoms with van der Waals surface area (Å²) in [4.78, 5) is 27.0. The van der Waals surface area contributed by atoms with Crippen LogP contribution < -0.4 is 9.64 Å². The van der Waals surface area contributed by atoms with Crippen molar-refractivity contribution in [2.75, 3.05) is 18.6 Å². The molecule has 5 nitrogen and oxygen atoms in total. The number of carbonyl (C=O) groups excluding carboxylic acids is 2. The molecule has 0 bridgehead atoms. The molecule has 1 aliphatic heterocycles. The normalized spacial score (nSPS) is 19.0. The first-order chi connectivity index (χ1) is 11.9. The average Bonchev–Trinajstić information content (AvgIpc) is 2.82. The molecule has 2 aromatic rings. The van der Waals surface area contributed by atoms with Crippen LogP contribution in [0, 0.1) is 0 Å². The molecule has 1 amide bonds. The molecule has 3 rings (SSSR count). The van der Waals surface area contributed by atoms with Gasteiger partial charge < -0.3 is 14.7 Å². The highest BCUT2D eigenvalue weighted by atomic mass is 79.9. The number of methoxy groups -OCH3 is 1.